The number of hydrogen-bond donors (Lipinski definition) is 1. The van der Waals surface area contributed by atoms with Crippen LogP contribution in [0.15, 0.2) is 53.4 Å². The lowest BCUT2D eigenvalue weighted by atomic mass is 10.1. The summed E-state index contributed by atoms with van der Waals surface area (Å²) in [6.07, 6.45) is 3.15. The van der Waals surface area contributed by atoms with Gasteiger partial charge >= 0.3 is 0 Å². The predicted molar refractivity (Wildman–Crippen MR) is 116 cm³/mol. The standard InChI is InChI=1S/C22H26N2O5S/c1-3-29-20-10-9-19(16-21(20)30(26,27)24-12-14-28-15-13-24)23-22(25)11-8-18-7-5-4-6-17(18)2/h4-11,16H,3,12-15H2,1-2H3,(H,23,25)/b11-8+. The highest BCUT2D eigenvalue weighted by Gasteiger charge is 2.29. The quantitative estimate of drug-likeness (QED) is 0.683. The number of rotatable bonds is 7. The maximum atomic E-state index is 13.1. The number of aryl methyl sites for hydroxylation is 1. The molecule has 0 spiro atoms. The van der Waals surface area contributed by atoms with E-state index < -0.39 is 10.0 Å². The number of nitrogens with zero attached hydrogens (tertiary/aromatic N) is 1. The lowest BCUT2D eigenvalue weighted by Crippen LogP contribution is -2.40. The second-order valence-electron chi connectivity index (χ2n) is 6.79. The van der Waals surface area contributed by atoms with E-state index in [0.29, 0.717) is 25.5 Å². The van der Waals surface area contributed by atoms with Gasteiger partial charge in [-0.25, -0.2) is 8.42 Å². The predicted octanol–water partition coefficient (Wildman–Crippen LogP) is 3.07. The van der Waals surface area contributed by atoms with Crippen LogP contribution in [-0.4, -0.2) is 51.5 Å². The minimum Gasteiger partial charge on any atom is -0.492 e. The Labute approximate surface area is 177 Å². The van der Waals surface area contributed by atoms with Crippen LogP contribution in [0, 0.1) is 6.92 Å². The highest BCUT2D eigenvalue weighted by Crippen LogP contribution is 2.30. The summed E-state index contributed by atoms with van der Waals surface area (Å²) < 4.78 is 38.4. The fraction of sp³-hybridized carbons (Fsp3) is 0.318. The molecule has 8 heteroatoms. The van der Waals surface area contributed by atoms with Crippen molar-refractivity contribution in [1.29, 1.82) is 0 Å². The Bertz CT molecular complexity index is 1030. The smallest absolute Gasteiger partial charge is 0.248 e. The number of sulfonamides is 1. The minimum absolute atomic E-state index is 0.0342. The van der Waals surface area contributed by atoms with E-state index in [4.69, 9.17) is 9.47 Å². The normalized spacial score (nSPS) is 15.3. The summed E-state index contributed by atoms with van der Waals surface area (Å²) in [6.45, 7) is 5.35. The number of carbonyl (C=O) groups excluding carboxylic acids is 1. The van der Waals surface area contributed by atoms with Crippen molar-refractivity contribution in [3.63, 3.8) is 0 Å². The molecule has 0 aromatic heterocycles. The third-order valence-corrected chi connectivity index (χ3v) is 6.62. The number of benzene rings is 2. The van der Waals surface area contributed by atoms with E-state index in [2.05, 4.69) is 5.32 Å². The summed E-state index contributed by atoms with van der Waals surface area (Å²) in [7, 11) is -3.78. The molecular weight excluding hydrogens is 404 g/mol. The van der Waals surface area contributed by atoms with Crippen LogP contribution in [0.3, 0.4) is 0 Å². The van der Waals surface area contributed by atoms with Crippen LogP contribution in [-0.2, 0) is 19.6 Å². The van der Waals surface area contributed by atoms with Gasteiger partial charge in [-0.1, -0.05) is 24.3 Å². The molecule has 0 saturated carbocycles. The summed E-state index contributed by atoms with van der Waals surface area (Å²) in [5.41, 5.74) is 2.38. The molecule has 160 valence electrons. The number of carbonyl (C=O) groups is 1. The molecule has 2 aromatic rings. The molecule has 0 atom stereocenters. The van der Waals surface area contributed by atoms with Crippen LogP contribution in [0.5, 0.6) is 5.75 Å². The van der Waals surface area contributed by atoms with E-state index in [1.807, 2.05) is 31.2 Å². The van der Waals surface area contributed by atoms with Crippen LogP contribution in [0.2, 0.25) is 0 Å². The second kappa shape index (κ2) is 9.88. The maximum absolute atomic E-state index is 13.1. The fourth-order valence-corrected chi connectivity index (χ4v) is 4.68. The van der Waals surface area contributed by atoms with Crippen LogP contribution >= 0.6 is 0 Å². The largest absolute Gasteiger partial charge is 0.492 e. The third kappa shape index (κ3) is 5.27. The third-order valence-electron chi connectivity index (χ3n) is 4.70. The molecule has 0 aliphatic carbocycles. The number of anilines is 1. The van der Waals surface area contributed by atoms with E-state index in [0.717, 1.165) is 11.1 Å². The Morgan fingerprint density at radius 1 is 1.20 bits per heavy atom. The first kappa shape index (κ1) is 22.0. The number of amides is 1. The zero-order valence-corrected chi connectivity index (χ0v) is 17.9. The molecule has 1 N–H and O–H groups in total. The van der Waals surface area contributed by atoms with Gasteiger partial charge in [0, 0.05) is 24.9 Å². The van der Waals surface area contributed by atoms with E-state index >= 15 is 0 Å². The highest BCUT2D eigenvalue weighted by atomic mass is 32.2. The van der Waals surface area contributed by atoms with Crippen molar-refractivity contribution in [2.75, 3.05) is 38.2 Å². The fourth-order valence-electron chi connectivity index (χ4n) is 3.11. The molecule has 2 aromatic carbocycles. The first-order valence-electron chi connectivity index (χ1n) is 9.81. The van der Waals surface area contributed by atoms with Gasteiger partial charge in [-0.3, -0.25) is 4.79 Å². The van der Waals surface area contributed by atoms with Crippen molar-refractivity contribution in [3.05, 3.63) is 59.7 Å². The average molecular weight is 431 g/mol. The topological polar surface area (TPSA) is 84.9 Å². The number of ether oxygens (including phenoxy) is 2. The van der Waals surface area contributed by atoms with E-state index in [-0.39, 0.29) is 29.6 Å². The van der Waals surface area contributed by atoms with Gasteiger partial charge < -0.3 is 14.8 Å². The highest BCUT2D eigenvalue weighted by molar-refractivity contribution is 7.89. The maximum Gasteiger partial charge on any atom is 0.248 e. The average Bonchev–Trinajstić information content (AvgIpc) is 2.75. The van der Waals surface area contributed by atoms with Gasteiger partial charge in [-0.15, -0.1) is 0 Å². The van der Waals surface area contributed by atoms with Crippen LogP contribution in [0.25, 0.3) is 6.08 Å². The molecule has 1 aliphatic heterocycles. The molecule has 1 aliphatic rings. The first-order valence-corrected chi connectivity index (χ1v) is 11.2. The molecule has 1 fully saturated rings. The van der Waals surface area contributed by atoms with E-state index in [1.54, 1.807) is 25.1 Å². The van der Waals surface area contributed by atoms with Crippen LogP contribution in [0.4, 0.5) is 5.69 Å². The Morgan fingerprint density at radius 2 is 1.93 bits per heavy atom. The molecule has 1 saturated heterocycles. The SMILES string of the molecule is CCOc1ccc(NC(=O)/C=C/c2ccccc2C)cc1S(=O)(=O)N1CCOCC1. The molecule has 0 unspecified atom stereocenters. The van der Waals surface area contributed by atoms with Gasteiger partial charge in [-0.2, -0.15) is 4.31 Å². The lowest BCUT2D eigenvalue weighted by Gasteiger charge is -2.27. The van der Waals surface area contributed by atoms with Crippen LogP contribution in [0.1, 0.15) is 18.1 Å². The first-order chi connectivity index (χ1) is 14.4. The molecular formula is C22H26N2O5S. The summed E-state index contributed by atoms with van der Waals surface area (Å²) in [5, 5.41) is 2.73. The lowest BCUT2D eigenvalue weighted by molar-refractivity contribution is -0.111. The second-order valence-corrected chi connectivity index (χ2v) is 8.70. The monoisotopic (exact) mass is 430 g/mol. The Balaban J connectivity index is 1.83. The van der Waals surface area contributed by atoms with Gasteiger partial charge in [0.1, 0.15) is 10.6 Å². The number of morpholine rings is 1. The Kier molecular flexibility index (Phi) is 7.25. The van der Waals surface area contributed by atoms with Crippen molar-refractivity contribution in [2.24, 2.45) is 0 Å². The van der Waals surface area contributed by atoms with Crippen molar-refractivity contribution in [3.8, 4) is 5.75 Å². The number of hydrogen-bond acceptors (Lipinski definition) is 5. The van der Waals surface area contributed by atoms with E-state index in [9.17, 15) is 13.2 Å². The van der Waals surface area contributed by atoms with Gasteiger partial charge in [0.15, 0.2) is 0 Å². The summed E-state index contributed by atoms with van der Waals surface area (Å²) in [5.74, 6) is -0.0884. The van der Waals surface area contributed by atoms with Gasteiger partial charge in [0.2, 0.25) is 15.9 Å². The Morgan fingerprint density at radius 3 is 2.63 bits per heavy atom. The molecule has 3 rings (SSSR count). The zero-order chi connectivity index (χ0) is 21.6. The van der Waals surface area contributed by atoms with Gasteiger partial charge in [0.25, 0.3) is 0 Å². The zero-order valence-electron chi connectivity index (χ0n) is 17.1. The summed E-state index contributed by atoms with van der Waals surface area (Å²) in [4.78, 5) is 12.4. The number of nitrogens with one attached hydrogen (secondary N) is 1. The molecule has 0 bridgehead atoms. The molecule has 0 radical (unpaired) electrons. The van der Waals surface area contributed by atoms with Gasteiger partial charge in [0.05, 0.1) is 19.8 Å². The molecule has 7 nitrogen and oxygen atoms in total. The van der Waals surface area contributed by atoms with Crippen molar-refractivity contribution >= 4 is 27.7 Å². The van der Waals surface area contributed by atoms with Crippen LogP contribution < -0.4 is 10.1 Å². The Hall–Kier alpha value is -2.68. The summed E-state index contributed by atoms with van der Waals surface area (Å²) in [6, 6.07) is 12.4. The van der Waals surface area contributed by atoms with Crippen molar-refractivity contribution in [1.82, 2.24) is 4.31 Å². The molecule has 1 amide bonds. The summed E-state index contributed by atoms with van der Waals surface area (Å²) >= 11 is 0. The van der Waals surface area contributed by atoms with Crippen molar-refractivity contribution < 1.29 is 22.7 Å². The molecule has 1 heterocycles. The minimum atomic E-state index is -3.78. The van der Waals surface area contributed by atoms with E-state index in [1.165, 1.54) is 16.4 Å². The van der Waals surface area contributed by atoms with Gasteiger partial charge in [-0.05, 0) is 49.2 Å². The van der Waals surface area contributed by atoms with Crippen molar-refractivity contribution in [2.45, 2.75) is 18.7 Å². The molecule has 30 heavy (non-hydrogen) atoms.